The summed E-state index contributed by atoms with van der Waals surface area (Å²) in [7, 11) is 1.86. The minimum Gasteiger partial charge on any atom is -0.483 e. The Morgan fingerprint density at radius 3 is 3.08 bits per heavy atom. The molecule has 0 aromatic carbocycles. The van der Waals surface area contributed by atoms with Gasteiger partial charge in [-0.1, -0.05) is 0 Å². The fraction of sp³-hybridized carbons (Fsp3) is 0.500. The minimum absolute atomic E-state index is 0.600. The van der Waals surface area contributed by atoms with Crippen LogP contribution in [0.3, 0.4) is 0 Å². The van der Waals surface area contributed by atoms with Gasteiger partial charge in [-0.05, 0) is 7.05 Å². The summed E-state index contributed by atoms with van der Waals surface area (Å²) < 4.78 is 15.9. The van der Waals surface area contributed by atoms with Gasteiger partial charge < -0.3 is 19.2 Å². The number of ether oxygens (including phenoxy) is 2. The molecule has 4 heteroatoms. The van der Waals surface area contributed by atoms with Gasteiger partial charge in [-0.2, -0.15) is 0 Å². The summed E-state index contributed by atoms with van der Waals surface area (Å²) in [6, 6.07) is 0. The average Bonchev–Trinajstić information content (AvgIpc) is 2.50. The molecule has 2 rings (SSSR count). The molecule has 2 heterocycles. The maximum atomic E-state index is 5.39. The van der Waals surface area contributed by atoms with Gasteiger partial charge in [0, 0.05) is 0 Å². The Bertz CT molecular complexity index is 269. The number of fused-ring (bicyclic) bond motifs is 1. The molecule has 0 atom stereocenters. The summed E-state index contributed by atoms with van der Waals surface area (Å²) >= 11 is 0. The van der Waals surface area contributed by atoms with Crippen molar-refractivity contribution >= 4 is 0 Å². The highest BCUT2D eigenvalue weighted by atomic mass is 16.6. The molecule has 1 aromatic rings. The first-order valence-corrected chi connectivity index (χ1v) is 3.92. The molecule has 0 saturated carbocycles. The van der Waals surface area contributed by atoms with Gasteiger partial charge in [-0.3, -0.25) is 0 Å². The Hall–Kier alpha value is -1.16. The van der Waals surface area contributed by atoms with Crippen LogP contribution in [0.25, 0.3) is 0 Å². The third-order valence-corrected chi connectivity index (χ3v) is 1.71. The van der Waals surface area contributed by atoms with Gasteiger partial charge in [0.15, 0.2) is 11.5 Å². The zero-order chi connectivity index (χ0) is 8.39. The van der Waals surface area contributed by atoms with Crippen LogP contribution < -0.4 is 14.8 Å². The normalized spacial score (nSPS) is 14.8. The van der Waals surface area contributed by atoms with Gasteiger partial charge in [0.05, 0.1) is 6.54 Å². The van der Waals surface area contributed by atoms with E-state index in [-0.39, 0.29) is 0 Å². The van der Waals surface area contributed by atoms with Crippen LogP contribution in [0.4, 0.5) is 0 Å². The first kappa shape index (κ1) is 7.49. The van der Waals surface area contributed by atoms with Crippen LogP contribution in [-0.4, -0.2) is 20.3 Å². The van der Waals surface area contributed by atoms with Crippen molar-refractivity contribution in [2.45, 2.75) is 6.54 Å². The second-order valence-electron chi connectivity index (χ2n) is 2.58. The van der Waals surface area contributed by atoms with Crippen molar-refractivity contribution in [3.05, 3.63) is 12.0 Å². The molecular formula is C8H11NO3. The zero-order valence-corrected chi connectivity index (χ0v) is 6.92. The molecule has 1 aromatic heterocycles. The lowest BCUT2D eigenvalue weighted by Gasteiger charge is -2.14. The minimum atomic E-state index is 0.600. The van der Waals surface area contributed by atoms with E-state index in [4.69, 9.17) is 13.9 Å². The lowest BCUT2D eigenvalue weighted by atomic mass is 10.3. The molecule has 1 N–H and O–H groups in total. The first-order valence-electron chi connectivity index (χ1n) is 3.92. The van der Waals surface area contributed by atoms with E-state index in [1.165, 1.54) is 0 Å². The quantitative estimate of drug-likeness (QED) is 0.710. The zero-order valence-electron chi connectivity index (χ0n) is 6.92. The molecule has 0 unspecified atom stereocenters. The van der Waals surface area contributed by atoms with Crippen molar-refractivity contribution in [1.29, 1.82) is 0 Å². The molecule has 0 aliphatic carbocycles. The lowest BCUT2D eigenvalue weighted by molar-refractivity contribution is 0.172. The topological polar surface area (TPSA) is 43.6 Å². The fourth-order valence-corrected chi connectivity index (χ4v) is 1.20. The summed E-state index contributed by atoms with van der Waals surface area (Å²) in [4.78, 5) is 0. The van der Waals surface area contributed by atoms with Crippen LogP contribution in [0.5, 0.6) is 11.5 Å². The fourth-order valence-electron chi connectivity index (χ4n) is 1.20. The van der Waals surface area contributed by atoms with Crippen molar-refractivity contribution < 1.29 is 13.9 Å². The first-order chi connectivity index (χ1) is 5.92. The highest BCUT2D eigenvalue weighted by Crippen LogP contribution is 2.35. The summed E-state index contributed by atoms with van der Waals surface area (Å²) in [5.41, 5.74) is 0. The van der Waals surface area contributed by atoms with Crippen LogP contribution in [0, 0.1) is 0 Å². The van der Waals surface area contributed by atoms with E-state index in [9.17, 15) is 0 Å². The van der Waals surface area contributed by atoms with Gasteiger partial charge in [0.25, 0.3) is 0 Å². The monoisotopic (exact) mass is 169 g/mol. The molecule has 0 saturated heterocycles. The van der Waals surface area contributed by atoms with E-state index in [1.807, 2.05) is 7.05 Å². The lowest BCUT2D eigenvalue weighted by Crippen LogP contribution is -2.15. The van der Waals surface area contributed by atoms with Gasteiger partial charge in [0.1, 0.15) is 19.5 Å². The molecule has 66 valence electrons. The number of furan rings is 1. The molecule has 1 aliphatic rings. The Morgan fingerprint density at radius 2 is 2.25 bits per heavy atom. The predicted molar refractivity (Wildman–Crippen MR) is 42.5 cm³/mol. The second-order valence-corrected chi connectivity index (χ2v) is 2.58. The van der Waals surface area contributed by atoms with Gasteiger partial charge >= 0.3 is 0 Å². The van der Waals surface area contributed by atoms with E-state index < -0.39 is 0 Å². The van der Waals surface area contributed by atoms with E-state index >= 15 is 0 Å². The van der Waals surface area contributed by atoms with E-state index in [1.54, 1.807) is 6.26 Å². The molecule has 0 fully saturated rings. The smallest absolute Gasteiger partial charge is 0.204 e. The van der Waals surface area contributed by atoms with Crippen molar-refractivity contribution in [3.63, 3.8) is 0 Å². The highest BCUT2D eigenvalue weighted by Gasteiger charge is 2.19. The number of hydrogen-bond donors (Lipinski definition) is 1. The summed E-state index contributed by atoms with van der Waals surface area (Å²) in [6.45, 7) is 1.87. The van der Waals surface area contributed by atoms with Crippen molar-refractivity contribution in [2.75, 3.05) is 20.3 Å². The van der Waals surface area contributed by atoms with Crippen molar-refractivity contribution in [2.24, 2.45) is 0 Å². The molecular weight excluding hydrogens is 158 g/mol. The predicted octanol–water partition coefficient (Wildman–Crippen LogP) is 0.770. The molecule has 4 nitrogen and oxygen atoms in total. The number of rotatable bonds is 2. The van der Waals surface area contributed by atoms with Crippen LogP contribution >= 0.6 is 0 Å². The van der Waals surface area contributed by atoms with Crippen LogP contribution in [0.15, 0.2) is 10.7 Å². The van der Waals surface area contributed by atoms with E-state index in [0.29, 0.717) is 25.5 Å². The van der Waals surface area contributed by atoms with Crippen molar-refractivity contribution in [1.82, 2.24) is 5.32 Å². The summed E-state index contributed by atoms with van der Waals surface area (Å²) in [6.07, 6.45) is 1.58. The van der Waals surface area contributed by atoms with Crippen LogP contribution in [0.2, 0.25) is 0 Å². The third-order valence-electron chi connectivity index (χ3n) is 1.71. The third kappa shape index (κ3) is 1.14. The van der Waals surface area contributed by atoms with Gasteiger partial charge in [0.2, 0.25) is 5.75 Å². The van der Waals surface area contributed by atoms with Crippen LogP contribution in [0.1, 0.15) is 5.76 Å². The highest BCUT2D eigenvalue weighted by molar-refractivity contribution is 5.42. The van der Waals surface area contributed by atoms with E-state index in [0.717, 1.165) is 11.5 Å². The summed E-state index contributed by atoms with van der Waals surface area (Å²) in [5.74, 6) is 2.26. The van der Waals surface area contributed by atoms with Gasteiger partial charge in [-0.15, -0.1) is 0 Å². The van der Waals surface area contributed by atoms with E-state index in [2.05, 4.69) is 5.32 Å². The Labute approximate surface area is 70.5 Å². The number of hydrogen-bond acceptors (Lipinski definition) is 4. The molecule has 12 heavy (non-hydrogen) atoms. The number of nitrogens with one attached hydrogen (secondary N) is 1. The molecule has 0 spiro atoms. The van der Waals surface area contributed by atoms with Crippen molar-refractivity contribution in [3.8, 4) is 11.5 Å². The largest absolute Gasteiger partial charge is 0.483 e. The molecule has 0 amide bonds. The SMILES string of the molecule is CNCc1occ2c1OCCO2. The average molecular weight is 169 g/mol. The molecule has 0 bridgehead atoms. The Morgan fingerprint density at radius 1 is 1.42 bits per heavy atom. The Balaban J connectivity index is 2.25. The standard InChI is InChI=1S/C8H11NO3/c1-9-4-6-8-7(5-12-6)10-2-3-11-8/h5,9H,2-4H2,1H3. The van der Waals surface area contributed by atoms with Crippen LogP contribution in [-0.2, 0) is 6.54 Å². The molecule has 1 aliphatic heterocycles. The Kier molecular flexibility index (Phi) is 1.91. The summed E-state index contributed by atoms with van der Waals surface area (Å²) in [5, 5.41) is 2.99. The van der Waals surface area contributed by atoms with Gasteiger partial charge in [-0.25, -0.2) is 0 Å². The second kappa shape index (κ2) is 3.06. The maximum Gasteiger partial charge on any atom is 0.204 e. The molecule has 0 radical (unpaired) electrons. The maximum absolute atomic E-state index is 5.39.